The zero-order valence-corrected chi connectivity index (χ0v) is 14.9. The van der Waals surface area contributed by atoms with Gasteiger partial charge in [-0.05, 0) is 50.9 Å². The zero-order valence-electron chi connectivity index (χ0n) is 14.9. The summed E-state index contributed by atoms with van der Waals surface area (Å²) in [7, 11) is 0. The smallest absolute Gasteiger partial charge is 0.247 e. The molecular weight excluding hydrogens is 304 g/mol. The van der Waals surface area contributed by atoms with E-state index in [-0.39, 0.29) is 23.1 Å². The minimum atomic E-state index is -0.854. The molecule has 2 aliphatic carbocycles. The first kappa shape index (κ1) is 17.7. The molecule has 0 aromatic carbocycles. The summed E-state index contributed by atoms with van der Waals surface area (Å²) in [6.07, 6.45) is 10.8. The third kappa shape index (κ3) is 4.11. The third-order valence-electron chi connectivity index (χ3n) is 6.13. The fraction of sp³-hybridized carbons (Fsp3) is 0.895. The van der Waals surface area contributed by atoms with Crippen LogP contribution in [0.15, 0.2) is 0 Å². The highest BCUT2D eigenvalue weighted by molar-refractivity contribution is 5.89. The van der Waals surface area contributed by atoms with Crippen molar-refractivity contribution in [3.05, 3.63) is 0 Å². The predicted molar refractivity (Wildman–Crippen MR) is 92.3 cm³/mol. The topological polar surface area (TPSA) is 69.6 Å². The van der Waals surface area contributed by atoms with Gasteiger partial charge in [0.2, 0.25) is 11.8 Å². The molecule has 3 fully saturated rings. The predicted octanol–water partition coefficient (Wildman–Crippen LogP) is 2.22. The largest absolute Gasteiger partial charge is 0.391 e. The van der Waals surface area contributed by atoms with E-state index >= 15 is 0 Å². The first-order chi connectivity index (χ1) is 11.5. The average Bonchev–Trinajstić information content (AvgIpc) is 3.40. The van der Waals surface area contributed by atoms with E-state index < -0.39 is 12.1 Å². The van der Waals surface area contributed by atoms with Crippen molar-refractivity contribution < 1.29 is 14.7 Å². The highest BCUT2D eigenvalue weighted by Crippen LogP contribution is 2.42. The number of rotatable bonds is 4. The minimum Gasteiger partial charge on any atom is -0.391 e. The summed E-state index contributed by atoms with van der Waals surface area (Å²) in [5.41, 5.74) is 0.272. The summed E-state index contributed by atoms with van der Waals surface area (Å²) in [6, 6.07) is -0.793. The molecule has 3 aliphatic rings. The number of aliphatic hydroxyl groups excluding tert-OH is 1. The maximum absolute atomic E-state index is 13.0. The zero-order chi connectivity index (χ0) is 17.2. The van der Waals surface area contributed by atoms with E-state index in [2.05, 4.69) is 5.32 Å². The van der Waals surface area contributed by atoms with Gasteiger partial charge >= 0.3 is 0 Å². The van der Waals surface area contributed by atoms with E-state index in [1.807, 2.05) is 4.90 Å². The lowest BCUT2D eigenvalue weighted by Crippen LogP contribution is -2.57. The van der Waals surface area contributed by atoms with Crippen LogP contribution in [0, 0.1) is 11.3 Å². The first-order valence-electron chi connectivity index (χ1n) is 9.78. The van der Waals surface area contributed by atoms with E-state index in [0.29, 0.717) is 0 Å². The van der Waals surface area contributed by atoms with Crippen molar-refractivity contribution in [1.29, 1.82) is 0 Å². The normalized spacial score (nSPS) is 26.5. The number of nitrogens with one attached hydrogen (secondary N) is 1. The lowest BCUT2D eigenvalue weighted by Gasteiger charge is -2.44. The van der Waals surface area contributed by atoms with E-state index in [1.54, 1.807) is 6.92 Å². The number of likely N-dealkylation sites (tertiary alicyclic amines) is 1. The Kier molecular flexibility index (Phi) is 5.48. The van der Waals surface area contributed by atoms with Crippen LogP contribution in [0.4, 0.5) is 0 Å². The Morgan fingerprint density at radius 3 is 2.29 bits per heavy atom. The van der Waals surface area contributed by atoms with Crippen molar-refractivity contribution in [3.8, 4) is 0 Å². The second-order valence-electron chi connectivity index (χ2n) is 8.28. The van der Waals surface area contributed by atoms with Gasteiger partial charge in [-0.25, -0.2) is 0 Å². The summed E-state index contributed by atoms with van der Waals surface area (Å²) < 4.78 is 0. The van der Waals surface area contributed by atoms with Crippen molar-refractivity contribution in [2.24, 2.45) is 11.3 Å². The van der Waals surface area contributed by atoms with Crippen LogP contribution in [0.2, 0.25) is 0 Å². The number of amides is 2. The maximum Gasteiger partial charge on any atom is 0.247 e. The molecule has 0 aromatic heterocycles. The Hall–Kier alpha value is -1.10. The quantitative estimate of drug-likeness (QED) is 0.827. The maximum atomic E-state index is 13.0. The molecule has 2 amide bonds. The summed E-state index contributed by atoms with van der Waals surface area (Å²) in [5, 5.41) is 12.8. The first-order valence-corrected chi connectivity index (χ1v) is 9.78. The van der Waals surface area contributed by atoms with Crippen LogP contribution in [0.3, 0.4) is 0 Å². The Morgan fingerprint density at radius 1 is 1.08 bits per heavy atom. The summed E-state index contributed by atoms with van der Waals surface area (Å²) >= 11 is 0. The molecule has 2 atom stereocenters. The molecule has 3 rings (SSSR count). The molecule has 2 N–H and O–H groups in total. The Labute approximate surface area is 145 Å². The molecule has 5 nitrogen and oxygen atoms in total. The van der Waals surface area contributed by atoms with Crippen LogP contribution in [0.25, 0.3) is 0 Å². The van der Waals surface area contributed by atoms with E-state index in [4.69, 9.17) is 0 Å². The van der Waals surface area contributed by atoms with Crippen molar-refractivity contribution >= 4 is 11.8 Å². The number of nitrogens with zero attached hydrogens (tertiary/aromatic N) is 1. The van der Waals surface area contributed by atoms with Gasteiger partial charge in [-0.2, -0.15) is 0 Å². The second kappa shape index (κ2) is 7.42. The molecule has 0 unspecified atom stereocenters. The van der Waals surface area contributed by atoms with Crippen molar-refractivity contribution in [3.63, 3.8) is 0 Å². The molecule has 24 heavy (non-hydrogen) atoms. The van der Waals surface area contributed by atoms with Crippen molar-refractivity contribution in [1.82, 2.24) is 10.2 Å². The van der Waals surface area contributed by atoms with Gasteiger partial charge in [0.1, 0.15) is 6.04 Å². The van der Waals surface area contributed by atoms with Gasteiger partial charge in [-0.3, -0.25) is 9.59 Å². The SMILES string of the molecule is C[C@@H](O)[C@H](NC(=O)C1CC1)C(=O)N1CCCC2(CCCCCC2)C1. The van der Waals surface area contributed by atoms with Crippen LogP contribution in [0.5, 0.6) is 0 Å². The van der Waals surface area contributed by atoms with Crippen molar-refractivity contribution in [2.45, 2.75) is 83.3 Å². The highest BCUT2D eigenvalue weighted by Gasteiger charge is 2.41. The number of piperidine rings is 1. The molecule has 136 valence electrons. The van der Waals surface area contributed by atoms with Gasteiger partial charge in [0, 0.05) is 19.0 Å². The minimum absolute atomic E-state index is 0.0496. The monoisotopic (exact) mass is 336 g/mol. The summed E-state index contributed by atoms with van der Waals surface area (Å²) in [5.74, 6) is -0.119. The molecular formula is C19H32N2O3. The Balaban J connectivity index is 1.65. The van der Waals surface area contributed by atoms with E-state index in [1.165, 1.54) is 44.9 Å². The Bertz CT molecular complexity index is 465. The fourth-order valence-electron chi connectivity index (χ4n) is 4.48. The number of aliphatic hydroxyl groups is 1. The number of hydrogen-bond acceptors (Lipinski definition) is 3. The molecule has 0 bridgehead atoms. The highest BCUT2D eigenvalue weighted by atomic mass is 16.3. The molecule has 5 heteroatoms. The number of carbonyl (C=O) groups is 2. The van der Waals surface area contributed by atoms with Gasteiger partial charge in [0.25, 0.3) is 0 Å². The molecule has 1 heterocycles. The fourth-order valence-corrected chi connectivity index (χ4v) is 4.48. The van der Waals surface area contributed by atoms with Crippen LogP contribution >= 0.6 is 0 Å². The number of carbonyl (C=O) groups excluding carboxylic acids is 2. The third-order valence-corrected chi connectivity index (χ3v) is 6.13. The van der Waals surface area contributed by atoms with Crippen LogP contribution in [-0.2, 0) is 9.59 Å². The standard InChI is InChI=1S/C19H32N2O3/c1-14(22)16(20-17(23)15-7-8-15)18(24)21-12-6-11-19(13-21)9-4-2-3-5-10-19/h14-16,22H,2-13H2,1H3,(H,20,23)/t14-,16+/m1/s1. The summed E-state index contributed by atoms with van der Waals surface area (Å²) in [6.45, 7) is 3.15. The van der Waals surface area contributed by atoms with E-state index in [9.17, 15) is 14.7 Å². The van der Waals surface area contributed by atoms with Crippen molar-refractivity contribution in [2.75, 3.05) is 13.1 Å². The lowest BCUT2D eigenvalue weighted by atomic mass is 9.74. The molecule has 2 saturated carbocycles. The van der Waals surface area contributed by atoms with E-state index in [0.717, 1.165) is 32.4 Å². The second-order valence-corrected chi connectivity index (χ2v) is 8.28. The molecule has 1 aliphatic heterocycles. The molecule has 0 radical (unpaired) electrons. The summed E-state index contributed by atoms with van der Waals surface area (Å²) in [4.78, 5) is 27.0. The van der Waals surface area contributed by atoms with Crippen LogP contribution in [-0.4, -0.2) is 47.1 Å². The Morgan fingerprint density at radius 2 is 1.71 bits per heavy atom. The molecule has 1 spiro atoms. The lowest BCUT2D eigenvalue weighted by molar-refractivity contribution is -0.142. The van der Waals surface area contributed by atoms with Crippen LogP contribution < -0.4 is 5.32 Å². The van der Waals surface area contributed by atoms with Gasteiger partial charge in [-0.1, -0.05) is 25.7 Å². The van der Waals surface area contributed by atoms with Gasteiger partial charge in [-0.15, -0.1) is 0 Å². The molecule has 0 aromatic rings. The van der Waals surface area contributed by atoms with Gasteiger partial charge in [0.05, 0.1) is 6.10 Å². The molecule has 1 saturated heterocycles. The van der Waals surface area contributed by atoms with Gasteiger partial charge in [0.15, 0.2) is 0 Å². The average molecular weight is 336 g/mol. The van der Waals surface area contributed by atoms with Gasteiger partial charge < -0.3 is 15.3 Å². The number of hydrogen-bond donors (Lipinski definition) is 2. The van der Waals surface area contributed by atoms with Crippen LogP contribution in [0.1, 0.15) is 71.1 Å².